The number of nitrogens with zero attached hydrogens (tertiary/aromatic N) is 1. The Morgan fingerprint density at radius 3 is 2.42 bits per heavy atom. The van der Waals surface area contributed by atoms with E-state index < -0.39 is 0 Å². The number of rotatable bonds is 4. The average molecular weight is 427 g/mol. The predicted octanol–water partition coefficient (Wildman–Crippen LogP) is 4.38. The number of carbonyl (C=O) groups excluding carboxylic acids is 3. The van der Waals surface area contributed by atoms with Gasteiger partial charge in [-0.2, -0.15) is 0 Å². The van der Waals surface area contributed by atoms with Gasteiger partial charge < -0.3 is 10.3 Å². The van der Waals surface area contributed by atoms with Crippen molar-refractivity contribution in [1.29, 1.82) is 0 Å². The highest BCUT2D eigenvalue weighted by molar-refractivity contribution is 7.99. The van der Waals surface area contributed by atoms with Gasteiger partial charge in [0.2, 0.25) is 5.91 Å². The van der Waals surface area contributed by atoms with E-state index in [-0.39, 0.29) is 23.2 Å². The summed E-state index contributed by atoms with van der Waals surface area (Å²) in [5, 5.41) is 3.46. The molecule has 3 aromatic carbocycles. The summed E-state index contributed by atoms with van der Waals surface area (Å²) in [6, 6.07) is 17.5. The number of ketones is 2. The second kappa shape index (κ2) is 7.52. The van der Waals surface area contributed by atoms with Gasteiger partial charge in [-0.05, 0) is 42.8 Å². The maximum Gasteiger partial charge on any atom is 0.234 e. The molecule has 1 aliphatic rings. The molecule has 6 nitrogen and oxygen atoms in total. The minimum absolute atomic E-state index is 0.158. The van der Waals surface area contributed by atoms with Crippen LogP contribution in [0.25, 0.3) is 11.0 Å². The van der Waals surface area contributed by atoms with Crippen molar-refractivity contribution in [2.45, 2.75) is 12.1 Å². The van der Waals surface area contributed by atoms with Crippen LogP contribution in [-0.4, -0.2) is 33.2 Å². The number of carbonyl (C=O) groups is 3. The van der Waals surface area contributed by atoms with Gasteiger partial charge in [-0.1, -0.05) is 42.1 Å². The lowest BCUT2D eigenvalue weighted by atomic mass is 9.84. The molecule has 1 amide bonds. The molecule has 7 heteroatoms. The first kappa shape index (κ1) is 19.3. The predicted molar refractivity (Wildman–Crippen MR) is 120 cm³/mol. The number of aromatic nitrogens is 2. The lowest BCUT2D eigenvalue weighted by Crippen LogP contribution is -2.21. The highest BCUT2D eigenvalue weighted by Crippen LogP contribution is 2.29. The first-order valence-electron chi connectivity index (χ1n) is 9.71. The second-order valence-electron chi connectivity index (χ2n) is 7.36. The molecule has 0 atom stereocenters. The summed E-state index contributed by atoms with van der Waals surface area (Å²) in [5.41, 5.74) is 4.86. The third-order valence-electron chi connectivity index (χ3n) is 5.16. The van der Waals surface area contributed by atoms with Crippen LogP contribution in [0, 0.1) is 6.92 Å². The van der Waals surface area contributed by atoms with E-state index in [1.54, 1.807) is 42.5 Å². The van der Waals surface area contributed by atoms with E-state index in [1.807, 2.05) is 25.1 Å². The molecule has 31 heavy (non-hydrogen) atoms. The fraction of sp³-hybridized carbons (Fsp3) is 0.0833. The number of thioether (sulfide) groups is 1. The van der Waals surface area contributed by atoms with Gasteiger partial charge in [-0.15, -0.1) is 0 Å². The van der Waals surface area contributed by atoms with Crippen LogP contribution in [-0.2, 0) is 4.79 Å². The standard InChI is InChI=1S/C24H17N3O3S/c1-13-6-9-19-20(10-13)27-24(26-19)31-12-21(28)25-14-7-8-17-18(11-14)23(30)16-5-3-2-4-15(16)22(17)29/h2-11H,12H2,1H3,(H,25,28)(H,26,27). The van der Waals surface area contributed by atoms with Gasteiger partial charge in [0.15, 0.2) is 16.7 Å². The van der Waals surface area contributed by atoms with Crippen molar-refractivity contribution < 1.29 is 14.4 Å². The number of hydrogen-bond donors (Lipinski definition) is 2. The van der Waals surface area contributed by atoms with Gasteiger partial charge in [-0.25, -0.2) is 4.98 Å². The fourth-order valence-corrected chi connectivity index (χ4v) is 4.36. The van der Waals surface area contributed by atoms with Crippen LogP contribution in [0.3, 0.4) is 0 Å². The van der Waals surface area contributed by atoms with Crippen molar-refractivity contribution in [2.75, 3.05) is 11.1 Å². The fourth-order valence-electron chi connectivity index (χ4n) is 3.68. The molecule has 1 aromatic heterocycles. The molecule has 152 valence electrons. The van der Waals surface area contributed by atoms with Gasteiger partial charge in [-0.3, -0.25) is 14.4 Å². The minimum Gasteiger partial charge on any atom is -0.333 e. The van der Waals surface area contributed by atoms with Crippen LogP contribution in [0.4, 0.5) is 5.69 Å². The summed E-state index contributed by atoms with van der Waals surface area (Å²) in [4.78, 5) is 45.6. The van der Waals surface area contributed by atoms with Crippen LogP contribution >= 0.6 is 11.8 Å². The summed E-state index contributed by atoms with van der Waals surface area (Å²) in [6.07, 6.45) is 0. The van der Waals surface area contributed by atoms with E-state index in [4.69, 9.17) is 0 Å². The maximum absolute atomic E-state index is 12.8. The molecular weight excluding hydrogens is 410 g/mol. The van der Waals surface area contributed by atoms with Gasteiger partial charge in [0, 0.05) is 27.9 Å². The summed E-state index contributed by atoms with van der Waals surface area (Å²) >= 11 is 1.30. The molecule has 0 unspecified atom stereocenters. The summed E-state index contributed by atoms with van der Waals surface area (Å²) < 4.78 is 0. The average Bonchev–Trinajstić information content (AvgIpc) is 3.18. The summed E-state index contributed by atoms with van der Waals surface area (Å²) in [7, 11) is 0. The number of fused-ring (bicyclic) bond motifs is 3. The van der Waals surface area contributed by atoms with Gasteiger partial charge in [0.25, 0.3) is 0 Å². The molecule has 1 aliphatic carbocycles. The largest absolute Gasteiger partial charge is 0.333 e. The van der Waals surface area contributed by atoms with E-state index >= 15 is 0 Å². The molecule has 0 bridgehead atoms. The van der Waals surface area contributed by atoms with Crippen molar-refractivity contribution in [3.05, 3.63) is 88.5 Å². The Labute approximate surface area is 182 Å². The summed E-state index contributed by atoms with van der Waals surface area (Å²) in [5.74, 6) is -0.463. The Hall–Kier alpha value is -3.71. The molecule has 0 spiro atoms. The van der Waals surface area contributed by atoms with E-state index in [9.17, 15) is 14.4 Å². The highest BCUT2D eigenvalue weighted by atomic mass is 32.2. The van der Waals surface area contributed by atoms with E-state index in [2.05, 4.69) is 15.3 Å². The third-order valence-corrected chi connectivity index (χ3v) is 6.04. The molecule has 5 rings (SSSR count). The zero-order chi connectivity index (χ0) is 21.5. The molecule has 1 heterocycles. The lowest BCUT2D eigenvalue weighted by molar-refractivity contribution is -0.113. The van der Waals surface area contributed by atoms with Crippen LogP contribution in [0.5, 0.6) is 0 Å². The number of H-pyrrole nitrogens is 1. The number of nitrogens with one attached hydrogen (secondary N) is 2. The first-order chi connectivity index (χ1) is 15.0. The van der Waals surface area contributed by atoms with Crippen molar-refractivity contribution in [2.24, 2.45) is 0 Å². The zero-order valence-corrected chi connectivity index (χ0v) is 17.4. The van der Waals surface area contributed by atoms with E-state index in [0.29, 0.717) is 33.1 Å². The molecule has 0 aliphatic heterocycles. The van der Waals surface area contributed by atoms with Crippen LogP contribution in [0.2, 0.25) is 0 Å². The Balaban J connectivity index is 1.30. The Bertz CT molecular complexity index is 1390. The van der Waals surface area contributed by atoms with E-state index in [1.165, 1.54) is 11.8 Å². The molecule has 4 aromatic rings. The van der Waals surface area contributed by atoms with Crippen LogP contribution in [0.1, 0.15) is 37.4 Å². The molecule has 0 radical (unpaired) electrons. The van der Waals surface area contributed by atoms with Crippen LogP contribution in [0.15, 0.2) is 65.8 Å². The second-order valence-corrected chi connectivity index (χ2v) is 8.33. The number of aryl methyl sites for hydroxylation is 1. The minimum atomic E-state index is -0.225. The maximum atomic E-state index is 12.8. The molecule has 0 saturated carbocycles. The van der Waals surface area contributed by atoms with Crippen molar-refractivity contribution in [3.8, 4) is 0 Å². The normalized spacial score (nSPS) is 12.5. The van der Waals surface area contributed by atoms with Crippen molar-refractivity contribution in [3.63, 3.8) is 0 Å². The zero-order valence-electron chi connectivity index (χ0n) is 16.6. The van der Waals surface area contributed by atoms with Gasteiger partial charge >= 0.3 is 0 Å². The molecular formula is C24H17N3O3S. The SMILES string of the molecule is Cc1ccc2nc(SCC(=O)Nc3ccc4c(c3)C(=O)c3ccccc3C4=O)[nH]c2c1. The first-order valence-corrected chi connectivity index (χ1v) is 10.7. The molecule has 0 fully saturated rings. The van der Waals surface area contributed by atoms with E-state index in [0.717, 1.165) is 16.6 Å². The highest BCUT2D eigenvalue weighted by Gasteiger charge is 2.29. The Morgan fingerprint density at radius 2 is 1.65 bits per heavy atom. The number of benzene rings is 3. The van der Waals surface area contributed by atoms with Crippen LogP contribution < -0.4 is 5.32 Å². The number of anilines is 1. The number of amides is 1. The monoisotopic (exact) mass is 427 g/mol. The number of hydrogen-bond acceptors (Lipinski definition) is 5. The van der Waals surface area contributed by atoms with Gasteiger partial charge in [0.1, 0.15) is 0 Å². The molecule has 0 saturated heterocycles. The molecule has 2 N–H and O–H groups in total. The lowest BCUT2D eigenvalue weighted by Gasteiger charge is -2.18. The third kappa shape index (κ3) is 3.53. The quantitative estimate of drug-likeness (QED) is 0.415. The number of aromatic amines is 1. The summed E-state index contributed by atoms with van der Waals surface area (Å²) in [6.45, 7) is 2.01. The smallest absolute Gasteiger partial charge is 0.234 e. The van der Waals surface area contributed by atoms with Crippen molar-refractivity contribution in [1.82, 2.24) is 9.97 Å². The van der Waals surface area contributed by atoms with Gasteiger partial charge in [0.05, 0.1) is 16.8 Å². The Kier molecular flexibility index (Phi) is 4.67. The number of imidazole rings is 1. The Morgan fingerprint density at radius 1 is 0.935 bits per heavy atom. The topological polar surface area (TPSA) is 91.9 Å². The van der Waals surface area contributed by atoms with Crippen molar-refractivity contribution >= 4 is 46.0 Å².